The number of amides is 2. The van der Waals surface area contributed by atoms with E-state index in [0.29, 0.717) is 18.8 Å². The van der Waals surface area contributed by atoms with E-state index in [1.54, 1.807) is 4.68 Å². The van der Waals surface area contributed by atoms with E-state index in [0.717, 1.165) is 16.8 Å². The smallest absolute Gasteiger partial charge is 0.260 e. The lowest BCUT2D eigenvalue weighted by molar-refractivity contribution is -0.122. The fourth-order valence-electron chi connectivity index (χ4n) is 4.75. The van der Waals surface area contributed by atoms with Crippen LogP contribution in [0.25, 0.3) is 5.70 Å². The summed E-state index contributed by atoms with van der Waals surface area (Å²) in [4.78, 5) is 31.9. The number of hydrogen-bond acceptors (Lipinski definition) is 5. The molecule has 0 bridgehead atoms. The maximum atomic E-state index is 13.0. The molecule has 6 rings (SSSR count). The third-order valence-corrected chi connectivity index (χ3v) is 6.39. The lowest BCUT2D eigenvalue weighted by Crippen LogP contribution is -2.32. The Morgan fingerprint density at radius 1 is 0.844 bits per heavy atom. The molecule has 7 heteroatoms. The standard InChI is InChI=1S/C25H21N5O2/c31-22-18-13-7-8-14-19(18)23(32)29(22)25-27-24-26-20(16-9-3-1-4-10-16)15-21(30(24)28-25)17-11-5-2-6-12-17/h1-12,15,18-19,21H,13-14H2,(H,26,27,28)/t18-,19-,21-/m1/s1. The molecule has 0 saturated carbocycles. The summed E-state index contributed by atoms with van der Waals surface area (Å²) >= 11 is 0. The zero-order chi connectivity index (χ0) is 21.7. The molecule has 2 amide bonds. The molecule has 3 heterocycles. The highest BCUT2D eigenvalue weighted by molar-refractivity contribution is 6.21. The monoisotopic (exact) mass is 423 g/mol. The van der Waals surface area contributed by atoms with Crippen molar-refractivity contribution < 1.29 is 9.59 Å². The van der Waals surface area contributed by atoms with Crippen molar-refractivity contribution in [2.75, 3.05) is 10.2 Å². The van der Waals surface area contributed by atoms with Crippen molar-refractivity contribution in [2.24, 2.45) is 11.8 Å². The molecule has 1 aliphatic carbocycles. The van der Waals surface area contributed by atoms with Gasteiger partial charge in [0.1, 0.15) is 6.04 Å². The molecule has 7 nitrogen and oxygen atoms in total. The van der Waals surface area contributed by atoms with Gasteiger partial charge in [0.25, 0.3) is 5.95 Å². The summed E-state index contributed by atoms with van der Waals surface area (Å²) in [5.74, 6) is -0.406. The molecule has 3 aromatic rings. The van der Waals surface area contributed by atoms with Gasteiger partial charge >= 0.3 is 0 Å². The molecule has 0 spiro atoms. The van der Waals surface area contributed by atoms with Gasteiger partial charge in [-0.1, -0.05) is 72.8 Å². The zero-order valence-electron chi connectivity index (χ0n) is 17.3. The van der Waals surface area contributed by atoms with Crippen molar-refractivity contribution in [1.29, 1.82) is 0 Å². The second kappa shape index (κ2) is 7.30. The zero-order valence-corrected chi connectivity index (χ0v) is 17.3. The number of nitrogens with one attached hydrogen (secondary N) is 1. The van der Waals surface area contributed by atoms with E-state index in [2.05, 4.69) is 21.5 Å². The first kappa shape index (κ1) is 18.7. The van der Waals surface area contributed by atoms with Crippen molar-refractivity contribution in [3.8, 4) is 0 Å². The summed E-state index contributed by atoms with van der Waals surface area (Å²) in [5.41, 5.74) is 2.97. The van der Waals surface area contributed by atoms with Crippen LogP contribution >= 0.6 is 0 Å². The number of imide groups is 1. The summed E-state index contributed by atoms with van der Waals surface area (Å²) in [5, 5.41) is 7.98. The van der Waals surface area contributed by atoms with Crippen LogP contribution in [-0.2, 0) is 9.59 Å². The number of allylic oxidation sites excluding steroid dienone is 3. The third-order valence-electron chi connectivity index (χ3n) is 6.39. The van der Waals surface area contributed by atoms with Gasteiger partial charge in [-0.05, 0) is 30.0 Å². The van der Waals surface area contributed by atoms with Gasteiger partial charge in [-0.15, -0.1) is 5.10 Å². The number of hydrogen-bond donors (Lipinski definition) is 1. The van der Waals surface area contributed by atoms with Gasteiger partial charge in [-0.25, -0.2) is 9.58 Å². The normalized spacial score (nSPS) is 24.1. The van der Waals surface area contributed by atoms with Crippen LogP contribution in [0.15, 0.2) is 78.9 Å². The topological polar surface area (TPSA) is 80.1 Å². The minimum absolute atomic E-state index is 0.139. The second-order valence-electron chi connectivity index (χ2n) is 8.27. The first-order chi connectivity index (χ1) is 15.7. The Hall–Kier alpha value is -4.00. The Morgan fingerprint density at radius 3 is 2.12 bits per heavy atom. The molecule has 158 valence electrons. The van der Waals surface area contributed by atoms with Crippen LogP contribution < -0.4 is 10.2 Å². The highest BCUT2D eigenvalue weighted by Crippen LogP contribution is 2.39. The molecule has 3 aliphatic rings. The minimum atomic E-state index is -0.316. The largest absolute Gasteiger partial charge is 0.324 e. The van der Waals surface area contributed by atoms with E-state index >= 15 is 0 Å². The van der Waals surface area contributed by atoms with Crippen LogP contribution in [0.1, 0.15) is 30.0 Å². The van der Waals surface area contributed by atoms with Crippen LogP contribution in [0.3, 0.4) is 0 Å². The van der Waals surface area contributed by atoms with Crippen molar-refractivity contribution in [1.82, 2.24) is 14.8 Å². The maximum Gasteiger partial charge on any atom is 0.260 e. The molecule has 32 heavy (non-hydrogen) atoms. The Morgan fingerprint density at radius 2 is 1.47 bits per heavy atom. The molecule has 3 atom stereocenters. The molecular weight excluding hydrogens is 402 g/mol. The van der Waals surface area contributed by atoms with Gasteiger partial charge in [0, 0.05) is 5.70 Å². The van der Waals surface area contributed by atoms with Gasteiger partial charge in [0.2, 0.25) is 17.8 Å². The van der Waals surface area contributed by atoms with Gasteiger partial charge < -0.3 is 5.32 Å². The number of rotatable bonds is 3. The summed E-state index contributed by atoms with van der Waals surface area (Å²) in [6.45, 7) is 0. The van der Waals surface area contributed by atoms with Crippen molar-refractivity contribution in [3.05, 3.63) is 90.0 Å². The van der Waals surface area contributed by atoms with Crippen molar-refractivity contribution in [2.45, 2.75) is 18.9 Å². The molecule has 2 aliphatic heterocycles. The molecular formula is C25H21N5O2. The molecule has 1 N–H and O–H groups in total. The number of carbonyl (C=O) groups excluding carboxylic acids is 2. The predicted octanol–water partition coefficient (Wildman–Crippen LogP) is 3.79. The van der Waals surface area contributed by atoms with Crippen LogP contribution in [0.5, 0.6) is 0 Å². The van der Waals surface area contributed by atoms with Gasteiger partial charge in [0.15, 0.2) is 0 Å². The first-order valence-corrected chi connectivity index (χ1v) is 10.8. The fourth-order valence-corrected chi connectivity index (χ4v) is 4.75. The average molecular weight is 423 g/mol. The highest BCUT2D eigenvalue weighted by Gasteiger charge is 2.49. The Bertz CT molecular complexity index is 1240. The van der Waals surface area contributed by atoms with Crippen LogP contribution in [0.2, 0.25) is 0 Å². The number of benzene rings is 2. The highest BCUT2D eigenvalue weighted by atomic mass is 16.2. The lowest BCUT2D eigenvalue weighted by Gasteiger charge is -2.24. The molecule has 1 fully saturated rings. The molecule has 1 aromatic heterocycles. The maximum absolute atomic E-state index is 13.0. The molecule has 2 aromatic carbocycles. The summed E-state index contributed by atoms with van der Waals surface area (Å²) < 4.78 is 1.75. The SMILES string of the molecule is O=C1[C@@H]2CC=CC[C@H]2C(=O)N1c1nc2n(n1)[C@@H](c1ccccc1)C=C(c1ccccc1)N2. The predicted molar refractivity (Wildman–Crippen MR) is 120 cm³/mol. The van der Waals surface area contributed by atoms with E-state index in [1.807, 2.05) is 72.8 Å². The summed E-state index contributed by atoms with van der Waals surface area (Å²) in [7, 11) is 0. The third kappa shape index (κ3) is 2.89. The van der Waals surface area contributed by atoms with Crippen molar-refractivity contribution >= 4 is 29.4 Å². The Labute approximate surface area is 185 Å². The van der Waals surface area contributed by atoms with Crippen LogP contribution in [0.4, 0.5) is 11.9 Å². The number of carbonyl (C=O) groups is 2. The molecule has 1 saturated heterocycles. The summed E-state index contributed by atoms with van der Waals surface area (Å²) in [6, 6.07) is 19.8. The number of aromatic nitrogens is 3. The lowest BCUT2D eigenvalue weighted by atomic mass is 9.85. The Kier molecular flexibility index (Phi) is 4.28. The molecule has 0 unspecified atom stereocenters. The van der Waals surface area contributed by atoms with E-state index < -0.39 is 0 Å². The van der Waals surface area contributed by atoms with Crippen LogP contribution in [0, 0.1) is 11.8 Å². The number of fused-ring (bicyclic) bond motifs is 2. The van der Waals surface area contributed by atoms with E-state index in [9.17, 15) is 9.59 Å². The molecule has 0 radical (unpaired) electrons. The quantitative estimate of drug-likeness (QED) is 0.512. The first-order valence-electron chi connectivity index (χ1n) is 10.8. The van der Waals surface area contributed by atoms with Gasteiger partial charge in [0.05, 0.1) is 11.8 Å². The number of nitrogens with zero attached hydrogens (tertiary/aromatic N) is 4. The average Bonchev–Trinajstić information content (AvgIpc) is 3.38. The fraction of sp³-hybridized carbons (Fsp3) is 0.200. The van der Waals surface area contributed by atoms with E-state index in [4.69, 9.17) is 0 Å². The van der Waals surface area contributed by atoms with Gasteiger partial charge in [-0.3, -0.25) is 9.59 Å². The Balaban J connectivity index is 1.42. The second-order valence-corrected chi connectivity index (χ2v) is 8.27. The van der Waals surface area contributed by atoms with Crippen molar-refractivity contribution in [3.63, 3.8) is 0 Å². The van der Waals surface area contributed by atoms with E-state index in [-0.39, 0.29) is 35.6 Å². The number of anilines is 2. The van der Waals surface area contributed by atoms with E-state index in [1.165, 1.54) is 4.90 Å². The van der Waals surface area contributed by atoms with Crippen LogP contribution in [-0.4, -0.2) is 26.6 Å². The minimum Gasteiger partial charge on any atom is -0.324 e. The van der Waals surface area contributed by atoms with Gasteiger partial charge in [-0.2, -0.15) is 4.98 Å². The summed E-state index contributed by atoms with van der Waals surface area (Å²) in [6.07, 6.45) is 7.22.